The van der Waals surface area contributed by atoms with Gasteiger partial charge in [0.15, 0.2) is 0 Å². The molecule has 7 heteroatoms. The first kappa shape index (κ1) is 15.7. The molecule has 3 unspecified atom stereocenters. The molecule has 5 N–H and O–H groups in total. The van der Waals surface area contributed by atoms with Crippen molar-refractivity contribution >= 4 is 5.69 Å². The zero-order valence-electron chi connectivity index (χ0n) is 12.2. The van der Waals surface area contributed by atoms with Crippen molar-refractivity contribution < 1.29 is 25.5 Å². The Morgan fingerprint density at radius 2 is 1.64 bits per heavy atom. The minimum atomic E-state index is -2.29. The van der Waals surface area contributed by atoms with Crippen LogP contribution >= 0.6 is 0 Å². The minimum absolute atomic E-state index is 0.192. The third-order valence-corrected chi connectivity index (χ3v) is 4.48. The number of hydrogen-bond donors (Lipinski definition) is 5. The van der Waals surface area contributed by atoms with E-state index in [0.29, 0.717) is 37.9 Å². The number of benzene rings is 1. The van der Waals surface area contributed by atoms with Crippen LogP contribution in [0.3, 0.4) is 0 Å². The molecule has 1 aromatic carbocycles. The van der Waals surface area contributed by atoms with Crippen molar-refractivity contribution in [2.45, 2.75) is 50.3 Å². The summed E-state index contributed by atoms with van der Waals surface area (Å²) in [5.41, 5.74) is 0.702. The summed E-state index contributed by atoms with van der Waals surface area (Å²) in [5.74, 6) is -2.29. The molecule has 1 aromatic rings. The molecule has 122 valence electrons. The lowest BCUT2D eigenvalue weighted by Crippen LogP contribution is -2.48. The molecular weight excluding hydrogens is 288 g/mol. The van der Waals surface area contributed by atoms with Gasteiger partial charge in [0, 0.05) is 17.8 Å². The molecule has 7 nitrogen and oxygen atoms in total. The van der Waals surface area contributed by atoms with Crippen LogP contribution in [0.4, 0.5) is 5.69 Å². The predicted molar refractivity (Wildman–Crippen MR) is 78.2 cm³/mol. The van der Waals surface area contributed by atoms with Crippen molar-refractivity contribution in [3.05, 3.63) is 29.8 Å². The molecule has 0 saturated carbocycles. The van der Waals surface area contributed by atoms with Gasteiger partial charge in [-0.05, 0) is 37.8 Å². The van der Waals surface area contributed by atoms with Crippen LogP contribution in [0.5, 0.6) is 0 Å². The number of likely N-dealkylation sites (tertiary alicyclic amines) is 1. The number of aliphatic hydroxyl groups is 5. The topological polar surface area (TPSA) is 108 Å². The molecule has 2 aliphatic heterocycles. The number of anilines is 1. The van der Waals surface area contributed by atoms with Crippen molar-refractivity contribution in [1.29, 1.82) is 0 Å². The Morgan fingerprint density at radius 1 is 0.955 bits per heavy atom. The maximum Gasteiger partial charge on any atom is 0.255 e. The number of nitrogens with zero attached hydrogens (tertiary/aromatic N) is 2. The van der Waals surface area contributed by atoms with Crippen molar-refractivity contribution in [3.8, 4) is 0 Å². The van der Waals surface area contributed by atoms with E-state index in [-0.39, 0.29) is 5.56 Å². The molecule has 2 fully saturated rings. The summed E-state index contributed by atoms with van der Waals surface area (Å²) in [7, 11) is 0. The van der Waals surface area contributed by atoms with Crippen LogP contribution in [-0.2, 0) is 5.91 Å². The summed E-state index contributed by atoms with van der Waals surface area (Å²) in [6.07, 6.45) is -0.399. The van der Waals surface area contributed by atoms with E-state index in [2.05, 4.69) is 0 Å². The summed E-state index contributed by atoms with van der Waals surface area (Å²) in [6.45, 7) is 0.382. The van der Waals surface area contributed by atoms with E-state index in [9.17, 15) is 25.5 Å². The zero-order chi connectivity index (χ0) is 15.9. The second-order valence-corrected chi connectivity index (χ2v) is 5.95. The van der Waals surface area contributed by atoms with E-state index >= 15 is 0 Å². The van der Waals surface area contributed by atoms with Gasteiger partial charge in [-0.2, -0.15) is 0 Å². The fraction of sp³-hybridized carbons (Fsp3) is 0.600. The Bertz CT molecular complexity index is 528. The zero-order valence-corrected chi connectivity index (χ0v) is 12.2. The van der Waals surface area contributed by atoms with Crippen LogP contribution in [0.25, 0.3) is 0 Å². The fourth-order valence-electron chi connectivity index (χ4n) is 3.27. The van der Waals surface area contributed by atoms with Gasteiger partial charge in [-0.3, -0.25) is 0 Å². The lowest BCUT2D eigenvalue weighted by molar-refractivity contribution is -0.298. The second-order valence-electron chi connectivity index (χ2n) is 5.95. The van der Waals surface area contributed by atoms with Crippen molar-refractivity contribution in [1.82, 2.24) is 4.90 Å². The lowest BCUT2D eigenvalue weighted by atomic mass is 10.1. The highest BCUT2D eigenvalue weighted by Gasteiger charge is 2.41. The average Bonchev–Trinajstić information content (AvgIpc) is 3.05. The predicted octanol–water partition coefficient (Wildman–Crippen LogP) is -0.567. The highest BCUT2D eigenvalue weighted by Crippen LogP contribution is 2.34. The van der Waals surface area contributed by atoms with E-state index in [1.54, 1.807) is 18.2 Å². The molecule has 2 saturated heterocycles. The first-order valence-electron chi connectivity index (χ1n) is 7.56. The SMILES string of the molecule is OC1CCC(O)N1c1cccc(C(O)(O)N2CCCC2O)c1. The Labute approximate surface area is 128 Å². The summed E-state index contributed by atoms with van der Waals surface area (Å²) >= 11 is 0. The van der Waals surface area contributed by atoms with Gasteiger partial charge in [0.1, 0.15) is 18.7 Å². The van der Waals surface area contributed by atoms with E-state index < -0.39 is 24.6 Å². The second kappa shape index (κ2) is 5.77. The fourth-order valence-corrected chi connectivity index (χ4v) is 3.27. The lowest BCUT2D eigenvalue weighted by Gasteiger charge is -2.35. The minimum Gasteiger partial charge on any atom is -0.378 e. The molecule has 3 atom stereocenters. The molecule has 0 radical (unpaired) electrons. The van der Waals surface area contributed by atoms with Gasteiger partial charge >= 0.3 is 0 Å². The van der Waals surface area contributed by atoms with Crippen molar-refractivity contribution in [2.24, 2.45) is 0 Å². The molecule has 22 heavy (non-hydrogen) atoms. The number of rotatable bonds is 3. The summed E-state index contributed by atoms with van der Waals surface area (Å²) in [6, 6.07) is 6.38. The molecular formula is C15H22N2O5. The Hall–Kier alpha value is -1.22. The molecule has 0 spiro atoms. The third kappa shape index (κ3) is 2.60. The molecule has 0 aliphatic carbocycles. The molecule has 0 aromatic heterocycles. The van der Waals surface area contributed by atoms with Crippen molar-refractivity contribution in [2.75, 3.05) is 11.4 Å². The van der Waals surface area contributed by atoms with Crippen LogP contribution in [0.1, 0.15) is 31.2 Å². The van der Waals surface area contributed by atoms with Gasteiger partial charge in [0.25, 0.3) is 5.91 Å². The molecule has 0 bridgehead atoms. The largest absolute Gasteiger partial charge is 0.378 e. The summed E-state index contributed by atoms with van der Waals surface area (Å²) < 4.78 is 0. The van der Waals surface area contributed by atoms with Crippen LogP contribution in [0, 0.1) is 0 Å². The Balaban J connectivity index is 1.90. The van der Waals surface area contributed by atoms with Crippen LogP contribution in [-0.4, -0.2) is 55.7 Å². The molecule has 2 heterocycles. The molecule has 2 aliphatic rings. The number of aliphatic hydroxyl groups excluding tert-OH is 3. The Kier molecular flexibility index (Phi) is 4.11. The average molecular weight is 310 g/mol. The van der Waals surface area contributed by atoms with Crippen LogP contribution in [0.15, 0.2) is 24.3 Å². The standard InChI is InChI=1S/C15H22N2O5/c18-12-5-2-8-16(12)15(21,22)10-3-1-4-11(9-10)17-13(19)6-7-14(17)20/h1,3-4,9,12-14,18-22H,2,5-8H2. The summed E-state index contributed by atoms with van der Waals surface area (Å²) in [4.78, 5) is 2.67. The van der Waals surface area contributed by atoms with E-state index in [1.807, 2.05) is 0 Å². The number of hydrogen-bond acceptors (Lipinski definition) is 7. The maximum absolute atomic E-state index is 10.4. The van der Waals surface area contributed by atoms with E-state index in [4.69, 9.17) is 0 Å². The van der Waals surface area contributed by atoms with Crippen molar-refractivity contribution in [3.63, 3.8) is 0 Å². The molecule has 3 rings (SSSR count). The van der Waals surface area contributed by atoms with E-state index in [1.165, 1.54) is 15.9 Å². The van der Waals surface area contributed by atoms with Gasteiger partial charge in [0.05, 0.1) is 0 Å². The molecule has 0 amide bonds. The van der Waals surface area contributed by atoms with Gasteiger partial charge in [-0.15, -0.1) is 0 Å². The normalized spacial score (nSPS) is 30.2. The Morgan fingerprint density at radius 3 is 2.23 bits per heavy atom. The van der Waals surface area contributed by atoms with Crippen LogP contribution in [0.2, 0.25) is 0 Å². The highest BCUT2D eigenvalue weighted by atomic mass is 16.5. The monoisotopic (exact) mass is 310 g/mol. The quantitative estimate of drug-likeness (QED) is 0.476. The highest BCUT2D eigenvalue weighted by molar-refractivity contribution is 5.51. The van der Waals surface area contributed by atoms with Gasteiger partial charge in [0.2, 0.25) is 0 Å². The summed E-state index contributed by atoms with van der Waals surface area (Å²) in [5, 5.41) is 50.6. The van der Waals surface area contributed by atoms with Gasteiger partial charge in [-0.25, -0.2) is 4.90 Å². The maximum atomic E-state index is 10.4. The van der Waals surface area contributed by atoms with Crippen LogP contribution < -0.4 is 4.90 Å². The first-order chi connectivity index (χ1) is 10.4. The van der Waals surface area contributed by atoms with Gasteiger partial charge in [-0.1, -0.05) is 12.1 Å². The third-order valence-electron chi connectivity index (χ3n) is 4.48. The van der Waals surface area contributed by atoms with Gasteiger partial charge < -0.3 is 30.4 Å². The first-order valence-corrected chi connectivity index (χ1v) is 7.56. The smallest absolute Gasteiger partial charge is 0.255 e. The van der Waals surface area contributed by atoms with E-state index in [0.717, 1.165) is 0 Å².